The topological polar surface area (TPSA) is 85.3 Å². The molecule has 0 aliphatic rings. The molecule has 0 atom stereocenters. The molecule has 0 aliphatic carbocycles. The summed E-state index contributed by atoms with van der Waals surface area (Å²) in [6.45, 7) is 0.0789. The molecule has 0 radical (unpaired) electrons. The zero-order valence-electron chi connectivity index (χ0n) is 8.28. The lowest BCUT2D eigenvalue weighted by molar-refractivity contribution is -0.121. The Kier molecular flexibility index (Phi) is 3.07. The molecule has 7 nitrogen and oxygen atoms in total. The summed E-state index contributed by atoms with van der Waals surface area (Å²) in [5.74, 6) is 0.286. The summed E-state index contributed by atoms with van der Waals surface area (Å²) in [5.41, 5.74) is 2.34. The molecule has 2 rings (SSSR count). The van der Waals surface area contributed by atoms with Crippen molar-refractivity contribution in [3.05, 3.63) is 36.8 Å². The number of rotatable bonds is 4. The highest BCUT2D eigenvalue weighted by Gasteiger charge is 2.00. The van der Waals surface area contributed by atoms with Crippen LogP contribution in [-0.4, -0.2) is 26.9 Å². The van der Waals surface area contributed by atoms with E-state index in [1.165, 1.54) is 29.8 Å². The van der Waals surface area contributed by atoms with E-state index in [4.69, 9.17) is 4.42 Å². The molecule has 2 aromatic rings. The van der Waals surface area contributed by atoms with Crippen LogP contribution in [0.4, 0.5) is 0 Å². The van der Waals surface area contributed by atoms with Crippen LogP contribution >= 0.6 is 0 Å². The summed E-state index contributed by atoms with van der Waals surface area (Å²) in [4.78, 5) is 15.0. The number of furan rings is 1. The molecule has 0 aromatic carbocycles. The number of carbonyl (C=O) groups excluding carboxylic acids is 1. The predicted octanol–water partition coefficient (Wildman–Crippen LogP) is 0.0214. The maximum Gasteiger partial charge on any atom is 0.261 e. The van der Waals surface area contributed by atoms with Crippen LogP contribution in [0.15, 0.2) is 40.6 Å². The Morgan fingerprint density at radius 2 is 2.62 bits per heavy atom. The normalized spacial score (nSPS) is 10.8. The second-order valence-electron chi connectivity index (χ2n) is 2.90. The highest BCUT2D eigenvalue weighted by atomic mass is 16.3. The molecule has 82 valence electrons. The van der Waals surface area contributed by atoms with Gasteiger partial charge in [0.15, 0.2) is 0 Å². The van der Waals surface area contributed by atoms with Gasteiger partial charge in [-0.25, -0.2) is 15.1 Å². The maximum atomic E-state index is 11.3. The summed E-state index contributed by atoms with van der Waals surface area (Å²) < 4.78 is 6.39. The first-order valence-corrected chi connectivity index (χ1v) is 4.52. The van der Waals surface area contributed by atoms with Crippen molar-refractivity contribution in [3.63, 3.8) is 0 Å². The molecule has 0 spiro atoms. The lowest BCUT2D eigenvalue weighted by Crippen LogP contribution is -2.23. The number of nitrogens with zero attached hydrogens (tertiary/aromatic N) is 4. The Morgan fingerprint density at radius 1 is 1.69 bits per heavy atom. The number of hydrogen-bond acceptors (Lipinski definition) is 5. The van der Waals surface area contributed by atoms with Gasteiger partial charge in [-0.15, -0.1) is 0 Å². The Balaban J connectivity index is 1.80. The summed E-state index contributed by atoms with van der Waals surface area (Å²) in [6, 6.07) is 3.46. The van der Waals surface area contributed by atoms with Crippen molar-refractivity contribution < 1.29 is 9.21 Å². The number of hydrazone groups is 1. The third-order valence-electron chi connectivity index (χ3n) is 1.70. The van der Waals surface area contributed by atoms with Gasteiger partial charge in [0.2, 0.25) is 0 Å². The van der Waals surface area contributed by atoms with Crippen molar-refractivity contribution in [2.75, 3.05) is 0 Å². The average Bonchev–Trinajstić information content (AvgIpc) is 2.90. The van der Waals surface area contributed by atoms with Crippen LogP contribution in [0.1, 0.15) is 5.76 Å². The van der Waals surface area contributed by atoms with Crippen LogP contribution in [0.3, 0.4) is 0 Å². The minimum absolute atomic E-state index is 0.0789. The van der Waals surface area contributed by atoms with Gasteiger partial charge < -0.3 is 4.42 Å². The molecule has 0 unspecified atom stereocenters. The smallest absolute Gasteiger partial charge is 0.261 e. The first-order valence-electron chi connectivity index (χ1n) is 4.52. The summed E-state index contributed by atoms with van der Waals surface area (Å²) >= 11 is 0. The minimum Gasteiger partial charge on any atom is -0.463 e. The lowest BCUT2D eigenvalue weighted by Gasteiger charge is -1.97. The van der Waals surface area contributed by atoms with E-state index in [2.05, 4.69) is 20.6 Å². The Bertz CT molecular complexity index is 460. The summed E-state index contributed by atoms with van der Waals surface area (Å²) in [7, 11) is 0. The fourth-order valence-corrected chi connectivity index (χ4v) is 1.03. The van der Waals surface area contributed by atoms with Crippen molar-refractivity contribution in [1.82, 2.24) is 20.2 Å². The molecule has 7 heteroatoms. The minimum atomic E-state index is -0.284. The Morgan fingerprint density at radius 3 is 3.31 bits per heavy atom. The quantitative estimate of drug-likeness (QED) is 0.580. The van der Waals surface area contributed by atoms with Crippen LogP contribution in [0.25, 0.3) is 0 Å². The third-order valence-corrected chi connectivity index (χ3v) is 1.70. The molecule has 0 saturated carbocycles. The van der Waals surface area contributed by atoms with E-state index in [1.54, 1.807) is 12.1 Å². The van der Waals surface area contributed by atoms with E-state index in [0.29, 0.717) is 5.76 Å². The summed E-state index contributed by atoms with van der Waals surface area (Å²) in [6.07, 6.45) is 5.76. The van der Waals surface area contributed by atoms with Gasteiger partial charge in [-0.1, -0.05) is 0 Å². The molecular weight excluding hydrogens is 210 g/mol. The predicted molar refractivity (Wildman–Crippen MR) is 54.5 cm³/mol. The number of aromatic nitrogens is 3. The van der Waals surface area contributed by atoms with Gasteiger partial charge in [0, 0.05) is 0 Å². The largest absolute Gasteiger partial charge is 0.463 e. The van der Waals surface area contributed by atoms with E-state index >= 15 is 0 Å². The molecule has 16 heavy (non-hydrogen) atoms. The van der Waals surface area contributed by atoms with Crippen LogP contribution < -0.4 is 5.43 Å². The first kappa shape index (κ1) is 10.1. The van der Waals surface area contributed by atoms with E-state index < -0.39 is 0 Å². The van der Waals surface area contributed by atoms with Gasteiger partial charge >= 0.3 is 0 Å². The molecule has 0 bridgehead atoms. The average molecular weight is 219 g/mol. The standard InChI is InChI=1S/C9H9N5O2/c15-9(5-14-7-10-6-12-14)13-11-4-8-2-1-3-16-8/h1-4,6-7H,5H2,(H,13,15). The van der Waals surface area contributed by atoms with Gasteiger partial charge in [-0.3, -0.25) is 4.79 Å². The molecule has 2 heterocycles. The fourth-order valence-electron chi connectivity index (χ4n) is 1.03. The van der Waals surface area contributed by atoms with Crippen LogP contribution in [0.2, 0.25) is 0 Å². The van der Waals surface area contributed by atoms with Gasteiger partial charge in [0.05, 0.1) is 12.5 Å². The zero-order valence-corrected chi connectivity index (χ0v) is 8.28. The fraction of sp³-hybridized carbons (Fsp3) is 0.111. The Hall–Kier alpha value is -2.44. The third kappa shape index (κ3) is 2.77. The number of amides is 1. The Labute approximate surface area is 90.8 Å². The number of hydrogen-bond donors (Lipinski definition) is 1. The lowest BCUT2D eigenvalue weighted by atomic mass is 10.5. The zero-order chi connectivity index (χ0) is 11.2. The first-order chi connectivity index (χ1) is 7.84. The molecule has 0 fully saturated rings. The van der Waals surface area contributed by atoms with E-state index in [9.17, 15) is 4.79 Å². The van der Waals surface area contributed by atoms with E-state index in [0.717, 1.165) is 0 Å². The van der Waals surface area contributed by atoms with Crippen molar-refractivity contribution in [2.24, 2.45) is 5.10 Å². The molecule has 0 aliphatic heterocycles. The van der Waals surface area contributed by atoms with Crippen molar-refractivity contribution in [1.29, 1.82) is 0 Å². The summed E-state index contributed by atoms with van der Waals surface area (Å²) in [5, 5.41) is 7.50. The second-order valence-corrected chi connectivity index (χ2v) is 2.90. The molecule has 1 N–H and O–H groups in total. The number of nitrogens with one attached hydrogen (secondary N) is 1. The van der Waals surface area contributed by atoms with Gasteiger partial charge in [0.25, 0.3) is 5.91 Å². The molecular formula is C9H9N5O2. The van der Waals surface area contributed by atoms with Crippen molar-refractivity contribution >= 4 is 12.1 Å². The SMILES string of the molecule is O=C(Cn1cncn1)NN=Cc1ccco1. The molecule has 1 amide bonds. The highest BCUT2D eigenvalue weighted by molar-refractivity contribution is 5.80. The van der Waals surface area contributed by atoms with Gasteiger partial charge in [-0.2, -0.15) is 10.2 Å². The van der Waals surface area contributed by atoms with Crippen molar-refractivity contribution in [2.45, 2.75) is 6.54 Å². The van der Waals surface area contributed by atoms with Crippen LogP contribution in [0, 0.1) is 0 Å². The van der Waals surface area contributed by atoms with Gasteiger partial charge in [-0.05, 0) is 12.1 Å². The van der Waals surface area contributed by atoms with Crippen LogP contribution in [-0.2, 0) is 11.3 Å². The van der Waals surface area contributed by atoms with E-state index in [-0.39, 0.29) is 12.5 Å². The van der Waals surface area contributed by atoms with Gasteiger partial charge in [0.1, 0.15) is 25.0 Å². The molecule has 2 aromatic heterocycles. The van der Waals surface area contributed by atoms with Crippen molar-refractivity contribution in [3.8, 4) is 0 Å². The molecule has 0 saturated heterocycles. The number of carbonyl (C=O) groups is 1. The maximum absolute atomic E-state index is 11.3. The monoisotopic (exact) mass is 219 g/mol. The highest BCUT2D eigenvalue weighted by Crippen LogP contribution is 1.94. The van der Waals surface area contributed by atoms with E-state index in [1.807, 2.05) is 0 Å². The van der Waals surface area contributed by atoms with Crippen LogP contribution in [0.5, 0.6) is 0 Å². The second kappa shape index (κ2) is 4.87.